The summed E-state index contributed by atoms with van der Waals surface area (Å²) in [4.78, 5) is 0. The van der Waals surface area contributed by atoms with Crippen LogP contribution in [0.3, 0.4) is 0 Å². The molecule has 1 aromatic carbocycles. The second kappa shape index (κ2) is 7.41. The molecule has 4 heteroatoms. The maximum Gasteiger partial charge on any atom is 0.144 e. The Labute approximate surface area is 114 Å². The molecule has 18 heavy (non-hydrogen) atoms. The van der Waals surface area contributed by atoms with Gasteiger partial charge in [-0.1, -0.05) is 6.92 Å². The van der Waals surface area contributed by atoms with E-state index < -0.39 is 0 Å². The monoisotopic (exact) mass is 268 g/mol. The predicted molar refractivity (Wildman–Crippen MR) is 82.7 cm³/mol. The average molecular weight is 268 g/mol. The molecule has 102 valence electrons. The summed E-state index contributed by atoms with van der Waals surface area (Å²) < 4.78 is 5.67. The van der Waals surface area contributed by atoms with E-state index in [9.17, 15) is 0 Å². The summed E-state index contributed by atoms with van der Waals surface area (Å²) in [5.74, 6) is 0.757. The van der Waals surface area contributed by atoms with Gasteiger partial charge >= 0.3 is 0 Å². The van der Waals surface area contributed by atoms with E-state index >= 15 is 0 Å². The Morgan fingerprint density at radius 1 is 1.33 bits per heavy atom. The van der Waals surface area contributed by atoms with Gasteiger partial charge in [0.1, 0.15) is 5.75 Å². The van der Waals surface area contributed by atoms with E-state index in [2.05, 4.69) is 18.5 Å². The molecular formula is C14H24N2OS. The Hall–Kier alpha value is -1.03. The largest absolute Gasteiger partial charge is 0.489 e. The highest BCUT2D eigenvalue weighted by atomic mass is 32.2. The van der Waals surface area contributed by atoms with Crippen LogP contribution in [0.1, 0.15) is 27.2 Å². The number of benzene rings is 1. The molecule has 1 unspecified atom stereocenters. The molecule has 0 aromatic heterocycles. The van der Waals surface area contributed by atoms with Gasteiger partial charge in [-0.25, -0.2) is 0 Å². The first-order valence-electron chi connectivity index (χ1n) is 6.35. The lowest BCUT2D eigenvalue weighted by atomic mass is 10.2. The van der Waals surface area contributed by atoms with E-state index in [1.165, 1.54) is 0 Å². The minimum atomic E-state index is 0.138. The number of hydrogen-bond donors (Lipinski definition) is 2. The molecular weight excluding hydrogens is 244 g/mol. The highest BCUT2D eigenvalue weighted by Gasteiger charge is 2.05. The fourth-order valence-electron chi connectivity index (χ4n) is 1.54. The first kappa shape index (κ1) is 15.0. The molecule has 0 aliphatic carbocycles. The minimum Gasteiger partial charge on any atom is -0.489 e. The third-order valence-corrected chi connectivity index (χ3v) is 3.70. The quantitative estimate of drug-likeness (QED) is 0.742. The molecule has 0 aliphatic rings. The van der Waals surface area contributed by atoms with Crippen molar-refractivity contribution < 1.29 is 4.74 Å². The molecule has 3 N–H and O–H groups in total. The lowest BCUT2D eigenvalue weighted by Gasteiger charge is -2.15. The normalized spacial score (nSPS) is 12.5. The Morgan fingerprint density at radius 2 is 2.06 bits per heavy atom. The van der Waals surface area contributed by atoms with Gasteiger partial charge in [-0.05, 0) is 38.7 Å². The third-order valence-electron chi connectivity index (χ3n) is 2.66. The van der Waals surface area contributed by atoms with E-state index in [1.807, 2.05) is 43.8 Å². The summed E-state index contributed by atoms with van der Waals surface area (Å²) >= 11 is 1.89. The van der Waals surface area contributed by atoms with Crippen LogP contribution in [0.15, 0.2) is 18.2 Å². The molecule has 1 atom stereocenters. The van der Waals surface area contributed by atoms with Gasteiger partial charge in [0.2, 0.25) is 0 Å². The zero-order valence-corrected chi connectivity index (χ0v) is 12.5. The zero-order valence-electron chi connectivity index (χ0n) is 11.7. The molecule has 0 amide bonds. The molecule has 0 aliphatic heterocycles. The molecule has 1 rings (SSSR count). The standard InChI is InChI=1S/C14H24N2OS/c1-10(2)17-14-9-12(5-6-13(14)15)16-8-7-11(3)18-4/h5-6,9-11,16H,7-8,15H2,1-4H3. The zero-order chi connectivity index (χ0) is 13.5. The number of anilines is 2. The van der Waals surface area contributed by atoms with Crippen molar-refractivity contribution in [2.45, 2.75) is 38.5 Å². The van der Waals surface area contributed by atoms with Gasteiger partial charge in [0.05, 0.1) is 11.8 Å². The Balaban J connectivity index is 2.56. The highest BCUT2D eigenvalue weighted by molar-refractivity contribution is 7.99. The van der Waals surface area contributed by atoms with E-state index in [0.29, 0.717) is 10.9 Å². The van der Waals surface area contributed by atoms with Gasteiger partial charge in [0.25, 0.3) is 0 Å². The first-order valence-corrected chi connectivity index (χ1v) is 7.64. The van der Waals surface area contributed by atoms with Crippen LogP contribution in [0, 0.1) is 0 Å². The van der Waals surface area contributed by atoms with Crippen molar-refractivity contribution in [3.05, 3.63) is 18.2 Å². The number of nitrogens with two attached hydrogens (primary N) is 1. The van der Waals surface area contributed by atoms with E-state index in [4.69, 9.17) is 10.5 Å². The van der Waals surface area contributed by atoms with Gasteiger partial charge in [0, 0.05) is 23.5 Å². The number of nitrogens with one attached hydrogen (secondary N) is 1. The van der Waals surface area contributed by atoms with Crippen LogP contribution in [0.4, 0.5) is 11.4 Å². The van der Waals surface area contributed by atoms with Crippen molar-refractivity contribution in [3.8, 4) is 5.75 Å². The SMILES string of the molecule is CSC(C)CCNc1ccc(N)c(OC(C)C)c1. The summed E-state index contributed by atoms with van der Waals surface area (Å²) in [6.07, 6.45) is 3.42. The van der Waals surface area contributed by atoms with Gasteiger partial charge in [-0.3, -0.25) is 0 Å². The minimum absolute atomic E-state index is 0.138. The molecule has 0 saturated heterocycles. The van der Waals surface area contributed by atoms with E-state index in [1.54, 1.807) is 0 Å². The number of rotatable bonds is 7. The van der Waals surface area contributed by atoms with Crippen molar-refractivity contribution in [3.63, 3.8) is 0 Å². The molecule has 0 fully saturated rings. The number of thioether (sulfide) groups is 1. The van der Waals surface area contributed by atoms with E-state index in [-0.39, 0.29) is 6.10 Å². The maximum atomic E-state index is 5.88. The van der Waals surface area contributed by atoms with Crippen molar-refractivity contribution in [1.82, 2.24) is 0 Å². The van der Waals surface area contributed by atoms with Crippen molar-refractivity contribution in [2.75, 3.05) is 23.9 Å². The van der Waals surface area contributed by atoms with E-state index in [0.717, 1.165) is 24.4 Å². The van der Waals surface area contributed by atoms with Gasteiger partial charge in [-0.2, -0.15) is 11.8 Å². The van der Waals surface area contributed by atoms with Crippen LogP contribution >= 0.6 is 11.8 Å². The highest BCUT2D eigenvalue weighted by Crippen LogP contribution is 2.26. The van der Waals surface area contributed by atoms with Crippen LogP contribution in [0.2, 0.25) is 0 Å². The summed E-state index contributed by atoms with van der Waals surface area (Å²) in [6, 6.07) is 5.85. The Kier molecular flexibility index (Phi) is 6.19. The first-order chi connectivity index (χ1) is 8.52. The van der Waals surface area contributed by atoms with Crippen LogP contribution in [-0.4, -0.2) is 24.2 Å². The molecule has 3 nitrogen and oxygen atoms in total. The van der Waals surface area contributed by atoms with Crippen molar-refractivity contribution in [1.29, 1.82) is 0 Å². The summed E-state index contributed by atoms with van der Waals surface area (Å²) in [5.41, 5.74) is 7.63. The number of nitrogen functional groups attached to an aromatic ring is 1. The maximum absolute atomic E-state index is 5.88. The smallest absolute Gasteiger partial charge is 0.144 e. The molecule has 0 bridgehead atoms. The molecule has 0 radical (unpaired) electrons. The lowest BCUT2D eigenvalue weighted by molar-refractivity contribution is 0.244. The van der Waals surface area contributed by atoms with Crippen molar-refractivity contribution >= 4 is 23.1 Å². The average Bonchev–Trinajstić information content (AvgIpc) is 2.32. The topological polar surface area (TPSA) is 47.3 Å². The summed E-state index contributed by atoms with van der Waals surface area (Å²) in [6.45, 7) is 7.20. The number of ether oxygens (including phenoxy) is 1. The summed E-state index contributed by atoms with van der Waals surface area (Å²) in [7, 11) is 0. The second-order valence-corrected chi connectivity index (χ2v) is 5.96. The molecule has 0 heterocycles. The molecule has 1 aromatic rings. The third kappa shape index (κ3) is 5.08. The lowest BCUT2D eigenvalue weighted by Crippen LogP contribution is -2.10. The van der Waals surface area contributed by atoms with Crippen LogP contribution in [-0.2, 0) is 0 Å². The van der Waals surface area contributed by atoms with Crippen LogP contribution in [0.25, 0.3) is 0 Å². The Morgan fingerprint density at radius 3 is 2.67 bits per heavy atom. The number of hydrogen-bond acceptors (Lipinski definition) is 4. The van der Waals surface area contributed by atoms with Crippen molar-refractivity contribution in [2.24, 2.45) is 0 Å². The van der Waals surface area contributed by atoms with Crippen LogP contribution < -0.4 is 15.8 Å². The molecule has 0 saturated carbocycles. The fraction of sp³-hybridized carbons (Fsp3) is 0.571. The van der Waals surface area contributed by atoms with Gasteiger partial charge in [0.15, 0.2) is 0 Å². The second-order valence-electron chi connectivity index (χ2n) is 4.68. The summed E-state index contributed by atoms with van der Waals surface area (Å²) in [5, 5.41) is 4.08. The predicted octanol–water partition coefficient (Wildman–Crippen LogP) is 3.61. The van der Waals surface area contributed by atoms with Gasteiger partial charge in [-0.15, -0.1) is 0 Å². The Bertz CT molecular complexity index is 369. The van der Waals surface area contributed by atoms with Crippen LogP contribution in [0.5, 0.6) is 5.75 Å². The molecule has 0 spiro atoms. The van der Waals surface area contributed by atoms with Gasteiger partial charge < -0.3 is 15.8 Å². The fourth-order valence-corrected chi connectivity index (χ4v) is 1.89.